The zero-order chi connectivity index (χ0) is 15.1. The Balaban J connectivity index is 2.07. The number of halogens is 1. The van der Waals surface area contributed by atoms with E-state index >= 15 is 0 Å². The molecule has 5 heteroatoms. The maximum absolute atomic E-state index is 12.4. The minimum Gasteiger partial charge on any atom is -0.329 e. The van der Waals surface area contributed by atoms with Crippen molar-refractivity contribution in [1.29, 1.82) is 0 Å². The Labute approximate surface area is 129 Å². The number of urea groups is 1. The Hall–Kier alpha value is -2.04. The van der Waals surface area contributed by atoms with Gasteiger partial charge in [0.25, 0.3) is 0 Å². The highest BCUT2D eigenvalue weighted by atomic mass is 35.5. The third-order valence-corrected chi connectivity index (χ3v) is 3.35. The van der Waals surface area contributed by atoms with Crippen LogP contribution in [0.25, 0.3) is 0 Å². The molecule has 0 radical (unpaired) electrons. The lowest BCUT2D eigenvalue weighted by molar-refractivity contribution is 0.210. The molecule has 2 aromatic rings. The molecule has 0 bridgehead atoms. The van der Waals surface area contributed by atoms with Crippen LogP contribution in [0.2, 0.25) is 5.02 Å². The molecule has 0 saturated carbocycles. The maximum Gasteiger partial charge on any atom is 0.322 e. The van der Waals surface area contributed by atoms with E-state index in [-0.39, 0.29) is 6.03 Å². The number of amides is 2. The SMILES string of the molecule is NCCN(Cc1ccccc1)C(=O)Nc1ccccc1Cl. The molecule has 3 N–H and O–H groups in total. The zero-order valence-electron chi connectivity index (χ0n) is 11.6. The average Bonchev–Trinajstić information content (AvgIpc) is 2.50. The van der Waals surface area contributed by atoms with Crippen LogP contribution in [-0.2, 0) is 6.54 Å². The summed E-state index contributed by atoms with van der Waals surface area (Å²) in [5.41, 5.74) is 7.25. The summed E-state index contributed by atoms with van der Waals surface area (Å²) < 4.78 is 0. The van der Waals surface area contributed by atoms with Gasteiger partial charge >= 0.3 is 6.03 Å². The topological polar surface area (TPSA) is 58.4 Å². The molecule has 0 unspecified atom stereocenters. The molecule has 0 aromatic heterocycles. The van der Waals surface area contributed by atoms with Crippen molar-refractivity contribution in [2.75, 3.05) is 18.4 Å². The summed E-state index contributed by atoms with van der Waals surface area (Å²) in [7, 11) is 0. The highest BCUT2D eigenvalue weighted by Crippen LogP contribution is 2.21. The van der Waals surface area contributed by atoms with Crippen molar-refractivity contribution in [3.05, 3.63) is 65.2 Å². The predicted molar refractivity (Wildman–Crippen MR) is 86.4 cm³/mol. The summed E-state index contributed by atoms with van der Waals surface area (Å²) in [4.78, 5) is 14.0. The van der Waals surface area contributed by atoms with E-state index in [4.69, 9.17) is 17.3 Å². The first-order chi connectivity index (χ1) is 10.2. The van der Waals surface area contributed by atoms with Crippen molar-refractivity contribution >= 4 is 23.3 Å². The molecule has 0 atom stereocenters. The number of hydrogen-bond donors (Lipinski definition) is 2. The van der Waals surface area contributed by atoms with Crippen molar-refractivity contribution in [2.24, 2.45) is 5.73 Å². The molecule has 0 fully saturated rings. The summed E-state index contributed by atoms with van der Waals surface area (Å²) in [5, 5.41) is 3.33. The second-order valence-corrected chi connectivity index (χ2v) is 5.01. The molecule has 2 amide bonds. The van der Waals surface area contributed by atoms with Gasteiger partial charge in [0.2, 0.25) is 0 Å². The van der Waals surface area contributed by atoms with Gasteiger partial charge in [0.15, 0.2) is 0 Å². The number of hydrogen-bond acceptors (Lipinski definition) is 2. The van der Waals surface area contributed by atoms with Crippen molar-refractivity contribution in [3.8, 4) is 0 Å². The molecule has 0 heterocycles. The molecule has 0 saturated heterocycles. The molecule has 0 aliphatic rings. The Bertz CT molecular complexity index is 589. The monoisotopic (exact) mass is 303 g/mol. The fraction of sp³-hybridized carbons (Fsp3) is 0.188. The van der Waals surface area contributed by atoms with Crippen LogP contribution in [0, 0.1) is 0 Å². The second kappa shape index (κ2) is 7.67. The molecule has 0 aliphatic heterocycles. The lowest BCUT2D eigenvalue weighted by Crippen LogP contribution is -2.38. The first kappa shape index (κ1) is 15.4. The average molecular weight is 304 g/mol. The largest absolute Gasteiger partial charge is 0.329 e. The molecule has 0 spiro atoms. The van der Waals surface area contributed by atoms with Crippen molar-refractivity contribution in [2.45, 2.75) is 6.54 Å². The number of nitrogens with two attached hydrogens (primary N) is 1. The normalized spacial score (nSPS) is 10.2. The number of para-hydroxylation sites is 1. The first-order valence-corrected chi connectivity index (χ1v) is 7.13. The lowest BCUT2D eigenvalue weighted by Gasteiger charge is -2.23. The van der Waals surface area contributed by atoms with Crippen LogP contribution in [0.15, 0.2) is 54.6 Å². The van der Waals surface area contributed by atoms with E-state index in [1.165, 1.54) is 0 Å². The predicted octanol–water partition coefficient (Wildman–Crippen LogP) is 3.33. The molecular formula is C16H18ClN3O. The van der Waals surface area contributed by atoms with E-state index in [2.05, 4.69) is 5.32 Å². The minimum absolute atomic E-state index is 0.211. The van der Waals surface area contributed by atoms with E-state index in [9.17, 15) is 4.79 Å². The standard InChI is InChI=1S/C16H18ClN3O/c17-14-8-4-5-9-15(14)19-16(21)20(11-10-18)12-13-6-2-1-3-7-13/h1-9H,10-12,18H2,(H,19,21). The van der Waals surface area contributed by atoms with Gasteiger partial charge in [-0.25, -0.2) is 4.79 Å². The van der Waals surface area contributed by atoms with Gasteiger partial charge < -0.3 is 16.0 Å². The van der Waals surface area contributed by atoms with E-state index in [1.807, 2.05) is 42.5 Å². The van der Waals surface area contributed by atoms with Crippen molar-refractivity contribution in [3.63, 3.8) is 0 Å². The maximum atomic E-state index is 12.4. The summed E-state index contributed by atoms with van der Waals surface area (Å²) in [6, 6.07) is 16.7. The highest BCUT2D eigenvalue weighted by molar-refractivity contribution is 6.33. The Morgan fingerprint density at radius 2 is 1.76 bits per heavy atom. The van der Waals surface area contributed by atoms with Gasteiger partial charge in [-0.05, 0) is 17.7 Å². The van der Waals surface area contributed by atoms with Crippen molar-refractivity contribution in [1.82, 2.24) is 4.90 Å². The van der Waals surface area contributed by atoms with E-state index in [1.54, 1.807) is 17.0 Å². The van der Waals surface area contributed by atoms with Gasteiger partial charge in [-0.2, -0.15) is 0 Å². The third-order valence-electron chi connectivity index (χ3n) is 3.02. The zero-order valence-corrected chi connectivity index (χ0v) is 12.4. The van der Waals surface area contributed by atoms with Crippen LogP contribution < -0.4 is 11.1 Å². The van der Waals surface area contributed by atoms with Gasteiger partial charge in [-0.3, -0.25) is 0 Å². The van der Waals surface area contributed by atoms with Gasteiger partial charge in [-0.15, -0.1) is 0 Å². The third kappa shape index (κ3) is 4.48. The molecular weight excluding hydrogens is 286 g/mol. The Kier molecular flexibility index (Phi) is 5.60. The molecule has 21 heavy (non-hydrogen) atoms. The minimum atomic E-state index is -0.211. The number of rotatable bonds is 5. The summed E-state index contributed by atoms with van der Waals surface area (Å²) in [6.07, 6.45) is 0. The fourth-order valence-electron chi connectivity index (χ4n) is 1.97. The number of carbonyl (C=O) groups excluding carboxylic acids is 1. The smallest absolute Gasteiger partial charge is 0.322 e. The highest BCUT2D eigenvalue weighted by Gasteiger charge is 2.14. The molecule has 2 aromatic carbocycles. The van der Waals surface area contributed by atoms with E-state index < -0.39 is 0 Å². The Morgan fingerprint density at radius 1 is 1.10 bits per heavy atom. The fourth-order valence-corrected chi connectivity index (χ4v) is 2.15. The summed E-state index contributed by atoms with van der Waals surface area (Å²) >= 11 is 6.05. The molecule has 2 rings (SSSR count). The number of carbonyl (C=O) groups is 1. The van der Waals surface area contributed by atoms with Crippen LogP contribution >= 0.6 is 11.6 Å². The first-order valence-electron chi connectivity index (χ1n) is 6.75. The van der Waals surface area contributed by atoms with Crippen LogP contribution in [0.1, 0.15) is 5.56 Å². The second-order valence-electron chi connectivity index (χ2n) is 4.61. The number of benzene rings is 2. The molecule has 110 valence electrons. The quantitative estimate of drug-likeness (QED) is 0.890. The van der Waals surface area contributed by atoms with Crippen LogP contribution in [0.5, 0.6) is 0 Å². The van der Waals surface area contributed by atoms with Gasteiger partial charge in [0.1, 0.15) is 0 Å². The van der Waals surface area contributed by atoms with Crippen LogP contribution in [0.4, 0.5) is 10.5 Å². The van der Waals surface area contributed by atoms with Crippen LogP contribution in [-0.4, -0.2) is 24.0 Å². The summed E-state index contributed by atoms with van der Waals surface area (Å²) in [6.45, 7) is 1.39. The van der Waals surface area contributed by atoms with E-state index in [0.29, 0.717) is 30.3 Å². The molecule has 4 nitrogen and oxygen atoms in total. The van der Waals surface area contributed by atoms with Gasteiger partial charge in [0, 0.05) is 19.6 Å². The summed E-state index contributed by atoms with van der Waals surface area (Å²) in [5.74, 6) is 0. The van der Waals surface area contributed by atoms with Crippen LogP contribution in [0.3, 0.4) is 0 Å². The molecule has 0 aliphatic carbocycles. The van der Waals surface area contributed by atoms with Crippen molar-refractivity contribution < 1.29 is 4.79 Å². The number of nitrogens with zero attached hydrogens (tertiary/aromatic N) is 1. The van der Waals surface area contributed by atoms with Gasteiger partial charge in [0.05, 0.1) is 10.7 Å². The number of anilines is 1. The Morgan fingerprint density at radius 3 is 2.43 bits per heavy atom. The number of nitrogens with one attached hydrogen (secondary N) is 1. The van der Waals surface area contributed by atoms with E-state index in [0.717, 1.165) is 5.56 Å². The lowest BCUT2D eigenvalue weighted by atomic mass is 10.2. The van der Waals surface area contributed by atoms with Gasteiger partial charge in [-0.1, -0.05) is 54.1 Å².